The Kier molecular flexibility index (Phi) is 3.98. The minimum atomic E-state index is -1.14. The van der Waals surface area contributed by atoms with Gasteiger partial charge >= 0.3 is 0 Å². The van der Waals surface area contributed by atoms with Crippen LogP contribution in [-0.2, 0) is 14.4 Å². The van der Waals surface area contributed by atoms with E-state index in [1.165, 1.54) is 25.3 Å². The van der Waals surface area contributed by atoms with Crippen molar-refractivity contribution in [3.63, 3.8) is 0 Å². The lowest BCUT2D eigenvalue weighted by atomic mass is 9.99. The molecule has 1 saturated carbocycles. The summed E-state index contributed by atoms with van der Waals surface area (Å²) in [6.45, 7) is 0. The van der Waals surface area contributed by atoms with Gasteiger partial charge in [-0.1, -0.05) is 12.1 Å². The molecule has 0 bridgehead atoms. The minimum Gasteiger partial charge on any atom is -0.504 e. The number of rotatable bonds is 4. The molecule has 0 saturated heterocycles. The summed E-state index contributed by atoms with van der Waals surface area (Å²) in [6.07, 6.45) is 2.95. The standard InChI is InChI=1S/C15H14O5/c1-20-14-7-3-9(8-13(14)19)2-4-10(16)15-11(17)5-6-12(15)18/h2-4,7-8,15,19H,5-6H2,1H3. The van der Waals surface area contributed by atoms with Crippen LogP contribution in [0.25, 0.3) is 6.08 Å². The van der Waals surface area contributed by atoms with Crippen LogP contribution in [0.5, 0.6) is 11.5 Å². The lowest BCUT2D eigenvalue weighted by Gasteiger charge is -2.04. The zero-order valence-electron chi connectivity index (χ0n) is 11.0. The predicted molar refractivity (Wildman–Crippen MR) is 71.4 cm³/mol. The maximum Gasteiger partial charge on any atom is 0.173 e. The van der Waals surface area contributed by atoms with Crippen molar-refractivity contribution in [2.75, 3.05) is 7.11 Å². The fourth-order valence-corrected chi connectivity index (χ4v) is 2.12. The molecule has 1 aliphatic rings. The van der Waals surface area contributed by atoms with Gasteiger partial charge < -0.3 is 9.84 Å². The number of methoxy groups -OCH3 is 1. The Morgan fingerprint density at radius 1 is 1.30 bits per heavy atom. The smallest absolute Gasteiger partial charge is 0.173 e. The van der Waals surface area contributed by atoms with E-state index in [1.54, 1.807) is 12.1 Å². The minimum absolute atomic E-state index is 0.0462. The molecule has 5 nitrogen and oxygen atoms in total. The number of Topliss-reactive ketones (excluding diaryl/α,β-unsaturated/α-hetero) is 2. The number of ketones is 3. The monoisotopic (exact) mass is 274 g/mol. The van der Waals surface area contributed by atoms with Crippen LogP contribution in [0, 0.1) is 5.92 Å². The molecule has 0 aliphatic heterocycles. The summed E-state index contributed by atoms with van der Waals surface area (Å²) in [7, 11) is 1.44. The predicted octanol–water partition coefficient (Wildman–Crippen LogP) is 1.53. The van der Waals surface area contributed by atoms with Gasteiger partial charge in [-0.05, 0) is 23.8 Å². The third-order valence-corrected chi connectivity index (χ3v) is 3.19. The van der Waals surface area contributed by atoms with Gasteiger partial charge in [-0.3, -0.25) is 14.4 Å². The fraction of sp³-hybridized carbons (Fsp3) is 0.267. The number of hydrogen-bond donors (Lipinski definition) is 1. The van der Waals surface area contributed by atoms with E-state index >= 15 is 0 Å². The molecular weight excluding hydrogens is 260 g/mol. The molecule has 0 atom stereocenters. The van der Waals surface area contributed by atoms with Gasteiger partial charge in [0, 0.05) is 12.8 Å². The second kappa shape index (κ2) is 5.69. The normalized spacial score (nSPS) is 16.1. The Balaban J connectivity index is 2.13. The van der Waals surface area contributed by atoms with Gasteiger partial charge in [0.05, 0.1) is 7.11 Å². The molecule has 0 radical (unpaired) electrons. The van der Waals surface area contributed by atoms with Crippen molar-refractivity contribution in [2.24, 2.45) is 5.92 Å². The number of carbonyl (C=O) groups is 3. The maximum atomic E-state index is 11.8. The Morgan fingerprint density at radius 3 is 2.50 bits per heavy atom. The van der Waals surface area contributed by atoms with Crippen LogP contribution in [0.2, 0.25) is 0 Å². The van der Waals surface area contributed by atoms with Crippen molar-refractivity contribution in [3.05, 3.63) is 29.8 Å². The third-order valence-electron chi connectivity index (χ3n) is 3.19. The topological polar surface area (TPSA) is 80.7 Å². The molecule has 1 fully saturated rings. The van der Waals surface area contributed by atoms with Crippen molar-refractivity contribution in [1.82, 2.24) is 0 Å². The lowest BCUT2D eigenvalue weighted by Crippen LogP contribution is -2.23. The average molecular weight is 274 g/mol. The van der Waals surface area contributed by atoms with Crippen LogP contribution in [0.3, 0.4) is 0 Å². The van der Waals surface area contributed by atoms with E-state index in [2.05, 4.69) is 0 Å². The molecule has 0 unspecified atom stereocenters. The molecular formula is C15H14O5. The zero-order chi connectivity index (χ0) is 14.7. The Labute approximate surface area is 115 Å². The van der Waals surface area contributed by atoms with E-state index in [9.17, 15) is 19.5 Å². The Hall–Kier alpha value is -2.43. The van der Waals surface area contributed by atoms with Crippen LogP contribution < -0.4 is 4.74 Å². The lowest BCUT2D eigenvalue weighted by molar-refractivity contribution is -0.133. The summed E-state index contributed by atoms with van der Waals surface area (Å²) in [5.41, 5.74) is 0.578. The second-order valence-corrected chi connectivity index (χ2v) is 4.53. The number of allylic oxidation sites excluding steroid dienone is 1. The average Bonchev–Trinajstić information content (AvgIpc) is 2.76. The first-order valence-corrected chi connectivity index (χ1v) is 6.17. The maximum absolute atomic E-state index is 11.8. The van der Waals surface area contributed by atoms with Gasteiger partial charge in [0.15, 0.2) is 28.8 Å². The van der Waals surface area contributed by atoms with Crippen molar-refractivity contribution in [1.29, 1.82) is 0 Å². The molecule has 0 amide bonds. The van der Waals surface area contributed by atoms with Gasteiger partial charge in [0.2, 0.25) is 0 Å². The van der Waals surface area contributed by atoms with E-state index in [4.69, 9.17) is 4.74 Å². The Bertz CT molecular complexity index is 584. The quantitative estimate of drug-likeness (QED) is 0.665. The van der Waals surface area contributed by atoms with Crippen molar-refractivity contribution < 1.29 is 24.2 Å². The number of phenolic OH excluding ortho intramolecular Hbond substituents is 1. The van der Waals surface area contributed by atoms with Gasteiger partial charge in [0.25, 0.3) is 0 Å². The highest BCUT2D eigenvalue weighted by atomic mass is 16.5. The zero-order valence-corrected chi connectivity index (χ0v) is 11.0. The van der Waals surface area contributed by atoms with E-state index < -0.39 is 11.7 Å². The van der Waals surface area contributed by atoms with E-state index in [1.807, 2.05) is 0 Å². The molecule has 1 aromatic carbocycles. The van der Waals surface area contributed by atoms with Crippen LogP contribution in [0.4, 0.5) is 0 Å². The first-order chi connectivity index (χ1) is 9.52. The van der Waals surface area contributed by atoms with E-state index in [-0.39, 0.29) is 30.2 Å². The third kappa shape index (κ3) is 2.77. The SMILES string of the molecule is COc1ccc(C=CC(=O)C2C(=O)CCC2=O)cc1O. The first-order valence-electron chi connectivity index (χ1n) is 6.17. The Morgan fingerprint density at radius 2 is 1.95 bits per heavy atom. The number of benzene rings is 1. The van der Waals surface area contributed by atoms with Crippen molar-refractivity contribution in [3.8, 4) is 11.5 Å². The highest BCUT2D eigenvalue weighted by Crippen LogP contribution is 2.27. The fourth-order valence-electron chi connectivity index (χ4n) is 2.12. The number of carbonyl (C=O) groups excluding carboxylic acids is 3. The number of aromatic hydroxyl groups is 1. The molecule has 104 valence electrons. The molecule has 20 heavy (non-hydrogen) atoms. The largest absolute Gasteiger partial charge is 0.504 e. The molecule has 1 aromatic rings. The van der Waals surface area contributed by atoms with E-state index in [0.29, 0.717) is 11.3 Å². The van der Waals surface area contributed by atoms with Crippen molar-refractivity contribution >= 4 is 23.4 Å². The first kappa shape index (κ1) is 14.0. The van der Waals surface area contributed by atoms with Crippen LogP contribution >= 0.6 is 0 Å². The molecule has 1 aliphatic carbocycles. The van der Waals surface area contributed by atoms with Crippen LogP contribution in [0.1, 0.15) is 18.4 Å². The summed E-state index contributed by atoms with van der Waals surface area (Å²) in [5.74, 6) is -2.00. The highest BCUT2D eigenvalue weighted by molar-refractivity contribution is 6.26. The summed E-state index contributed by atoms with van der Waals surface area (Å²) in [4.78, 5) is 34.7. The highest BCUT2D eigenvalue weighted by Gasteiger charge is 2.37. The number of hydrogen-bond acceptors (Lipinski definition) is 5. The van der Waals surface area contributed by atoms with Gasteiger partial charge in [0.1, 0.15) is 5.92 Å². The molecule has 5 heteroatoms. The molecule has 0 heterocycles. The number of phenols is 1. The van der Waals surface area contributed by atoms with Crippen LogP contribution in [0.15, 0.2) is 24.3 Å². The molecule has 1 N–H and O–H groups in total. The summed E-state index contributed by atoms with van der Waals surface area (Å²) in [6, 6.07) is 4.65. The summed E-state index contributed by atoms with van der Waals surface area (Å²) >= 11 is 0. The van der Waals surface area contributed by atoms with Crippen LogP contribution in [-0.4, -0.2) is 29.6 Å². The van der Waals surface area contributed by atoms with Gasteiger partial charge in [-0.15, -0.1) is 0 Å². The van der Waals surface area contributed by atoms with Gasteiger partial charge in [-0.25, -0.2) is 0 Å². The van der Waals surface area contributed by atoms with E-state index in [0.717, 1.165) is 0 Å². The molecule has 0 spiro atoms. The number of ether oxygens (including phenoxy) is 1. The van der Waals surface area contributed by atoms with Gasteiger partial charge in [-0.2, -0.15) is 0 Å². The molecule has 0 aromatic heterocycles. The summed E-state index contributed by atoms with van der Waals surface area (Å²) in [5, 5.41) is 9.60. The second-order valence-electron chi connectivity index (χ2n) is 4.53. The summed E-state index contributed by atoms with van der Waals surface area (Å²) < 4.78 is 4.90. The molecule has 2 rings (SSSR count). The van der Waals surface area contributed by atoms with Crippen molar-refractivity contribution in [2.45, 2.75) is 12.8 Å².